The first-order valence-electron chi connectivity index (χ1n) is 12.9. The van der Waals surface area contributed by atoms with E-state index in [1.807, 2.05) is 60.7 Å². The number of hydrogen-bond donors (Lipinski definition) is 4. The van der Waals surface area contributed by atoms with Crippen molar-refractivity contribution in [1.29, 1.82) is 0 Å². The molecule has 0 radical (unpaired) electrons. The monoisotopic (exact) mass is 606 g/mol. The van der Waals surface area contributed by atoms with Crippen molar-refractivity contribution >= 4 is 47.1 Å². The number of hydrogen-bond acceptors (Lipinski definition) is 12. The number of aliphatic hydroxyl groups is 1. The van der Waals surface area contributed by atoms with Gasteiger partial charge < -0.3 is 20.7 Å². The molecule has 2 aromatic rings. The molecule has 0 spiro atoms. The third-order valence-corrected chi connectivity index (χ3v) is 9.37. The number of fused-ring (bicyclic) bond motifs is 2. The van der Waals surface area contributed by atoms with Crippen LogP contribution in [-0.4, -0.2) is 78.3 Å². The Labute approximate surface area is 249 Å². The molecule has 4 heterocycles. The van der Waals surface area contributed by atoms with Crippen LogP contribution in [0.2, 0.25) is 0 Å². The van der Waals surface area contributed by atoms with Gasteiger partial charge in [0.1, 0.15) is 23.8 Å². The van der Waals surface area contributed by atoms with E-state index in [1.165, 1.54) is 50.7 Å². The third kappa shape index (κ3) is 5.18. The van der Waals surface area contributed by atoms with Crippen LogP contribution in [-0.2, 0) is 19.1 Å². The number of carbonyl (C=O) groups is 3. The summed E-state index contributed by atoms with van der Waals surface area (Å²) in [6, 6.07) is 18.0. The number of rotatable bonds is 9. The van der Waals surface area contributed by atoms with Crippen molar-refractivity contribution in [3.63, 3.8) is 0 Å². The Morgan fingerprint density at radius 1 is 1.14 bits per heavy atom. The van der Waals surface area contributed by atoms with Crippen molar-refractivity contribution < 1.29 is 29.3 Å². The average molecular weight is 607 g/mol. The fraction of sp³-hybridized carbons (Fsp3) is 0.214. The molecule has 14 heteroatoms. The Hall–Kier alpha value is -4.08. The van der Waals surface area contributed by atoms with Crippen molar-refractivity contribution in [2.45, 2.75) is 17.5 Å². The number of aliphatic carboxylic acids is 1. The number of aliphatic imine (C=N–C) groups is 1. The lowest BCUT2D eigenvalue weighted by molar-refractivity contribution is -0.153. The zero-order chi connectivity index (χ0) is 29.4. The van der Waals surface area contributed by atoms with E-state index >= 15 is 0 Å². The number of benzene rings is 2. The van der Waals surface area contributed by atoms with Crippen LogP contribution in [0, 0.1) is 0 Å². The average Bonchev–Trinajstić information content (AvgIpc) is 3.46. The van der Waals surface area contributed by atoms with Crippen LogP contribution in [0.4, 0.5) is 0 Å². The van der Waals surface area contributed by atoms with Crippen LogP contribution in [0.15, 0.2) is 100 Å². The zero-order valence-corrected chi connectivity index (χ0v) is 23.6. The number of aliphatic hydroxyl groups excluding tert-OH is 1. The normalized spacial score (nSPS) is 21.4. The molecule has 0 aromatic heterocycles. The lowest BCUT2D eigenvalue weighted by Crippen LogP contribution is -2.68. The molecule has 216 valence electrons. The third-order valence-electron chi connectivity index (χ3n) is 6.92. The molecule has 1 fully saturated rings. The first kappa shape index (κ1) is 28.1. The number of nitrogens with two attached hydrogens (primary N) is 1. The van der Waals surface area contributed by atoms with Crippen molar-refractivity contribution in [1.82, 2.24) is 20.5 Å². The zero-order valence-electron chi connectivity index (χ0n) is 22.0. The summed E-state index contributed by atoms with van der Waals surface area (Å²) in [6.07, 6.45) is 2.18. The number of carboxylic acid groups (broad SMARTS) is 1. The summed E-state index contributed by atoms with van der Waals surface area (Å²) in [4.78, 5) is 44.1. The fourth-order valence-electron chi connectivity index (χ4n) is 4.86. The van der Waals surface area contributed by atoms with Gasteiger partial charge in [0.2, 0.25) is 5.91 Å². The predicted molar refractivity (Wildman–Crippen MR) is 157 cm³/mol. The number of carbonyl (C=O) groups excluding carboxylic acids is 2. The van der Waals surface area contributed by atoms with Crippen LogP contribution in [0.25, 0.3) is 0 Å². The molecule has 2 aromatic carbocycles. The van der Waals surface area contributed by atoms with Crippen LogP contribution >= 0.6 is 23.5 Å². The highest BCUT2D eigenvalue weighted by Gasteiger charge is 2.52. The number of β-lactam (4-membered cyclic amide) rings is 1. The van der Waals surface area contributed by atoms with Gasteiger partial charge in [0.15, 0.2) is 17.6 Å². The Morgan fingerprint density at radius 2 is 1.81 bits per heavy atom. The van der Waals surface area contributed by atoms with Gasteiger partial charge in [0.05, 0.1) is 11.2 Å². The topological polar surface area (TPSA) is 161 Å². The van der Waals surface area contributed by atoms with Crippen molar-refractivity contribution in [3.8, 4) is 0 Å². The molecule has 4 aliphatic rings. The van der Waals surface area contributed by atoms with Crippen molar-refractivity contribution in [2.24, 2.45) is 10.7 Å². The Bertz CT molecular complexity index is 1510. The predicted octanol–water partition coefficient (Wildman–Crippen LogP) is 1.72. The summed E-state index contributed by atoms with van der Waals surface area (Å²) in [5, 5.41) is 22.1. The van der Waals surface area contributed by atoms with Crippen molar-refractivity contribution in [3.05, 3.63) is 106 Å². The van der Waals surface area contributed by atoms with E-state index in [2.05, 4.69) is 10.5 Å². The molecule has 1 unspecified atom stereocenters. The van der Waals surface area contributed by atoms with E-state index < -0.39 is 24.1 Å². The largest absolute Gasteiger partial charge is 0.477 e. The molecule has 1 amide bonds. The number of nitrogens with zero attached hydrogens (tertiary/aromatic N) is 4. The maximum Gasteiger partial charge on any atom is 0.356 e. The summed E-state index contributed by atoms with van der Waals surface area (Å²) in [7, 11) is 0. The number of esters is 1. The van der Waals surface area contributed by atoms with E-state index in [1.54, 1.807) is 0 Å². The van der Waals surface area contributed by atoms with Gasteiger partial charge in [-0.1, -0.05) is 60.7 Å². The van der Waals surface area contributed by atoms with Crippen molar-refractivity contribution in [2.75, 3.05) is 18.2 Å². The van der Waals surface area contributed by atoms with E-state index in [9.17, 15) is 24.6 Å². The molecule has 0 saturated carbocycles. The Kier molecular flexibility index (Phi) is 7.79. The minimum Gasteiger partial charge on any atom is -0.477 e. The smallest absolute Gasteiger partial charge is 0.356 e. The van der Waals surface area contributed by atoms with Crippen LogP contribution in [0.1, 0.15) is 17.2 Å². The lowest BCUT2D eigenvalue weighted by Gasteiger charge is -2.48. The van der Waals surface area contributed by atoms with Gasteiger partial charge in [-0.15, -0.1) is 29.1 Å². The molecule has 2 atom stereocenters. The second kappa shape index (κ2) is 11.7. The summed E-state index contributed by atoms with van der Waals surface area (Å²) in [6.45, 7) is -0.365. The molecular weight excluding hydrogens is 580 g/mol. The Balaban J connectivity index is 1.31. The number of carboxylic acids is 1. The maximum absolute atomic E-state index is 14.0. The van der Waals surface area contributed by atoms with Crippen LogP contribution in [0.3, 0.4) is 0 Å². The summed E-state index contributed by atoms with van der Waals surface area (Å²) in [5.74, 6) is -1.26. The highest BCUT2D eigenvalue weighted by Crippen LogP contribution is 2.42. The Morgan fingerprint density at radius 3 is 2.43 bits per heavy atom. The minimum atomic E-state index is -1.20. The molecule has 1 saturated heterocycles. The fourth-order valence-corrected chi connectivity index (χ4v) is 7.30. The molecule has 6 rings (SSSR count). The van der Waals surface area contributed by atoms with Gasteiger partial charge >= 0.3 is 11.9 Å². The van der Waals surface area contributed by atoms with E-state index in [-0.39, 0.29) is 41.0 Å². The van der Waals surface area contributed by atoms with Crippen LogP contribution < -0.4 is 11.3 Å². The number of amides is 1. The number of ether oxygens (including phenoxy) is 1. The molecule has 4 aliphatic heterocycles. The maximum atomic E-state index is 14.0. The van der Waals surface area contributed by atoms with Gasteiger partial charge in [-0.2, -0.15) is 0 Å². The van der Waals surface area contributed by atoms with E-state index in [0.717, 1.165) is 11.1 Å². The van der Waals surface area contributed by atoms with E-state index in [4.69, 9.17) is 10.5 Å². The number of hydrazine groups is 2. The van der Waals surface area contributed by atoms with Gasteiger partial charge in [-0.25, -0.2) is 19.6 Å². The first-order chi connectivity index (χ1) is 20.4. The lowest BCUT2D eigenvalue weighted by atomic mass is 10.0. The SMILES string of the molecule is NC1C(=O)N2C(C(=O)OC(c3ccccc3)c3ccccc3)=C(CSC3=CC(C(=O)O)=NC4=CN(CO)NN43)CS[C@H]12. The molecule has 42 heavy (non-hydrogen) atoms. The van der Waals surface area contributed by atoms with Crippen LogP contribution in [0.5, 0.6) is 0 Å². The molecule has 0 bridgehead atoms. The van der Waals surface area contributed by atoms with E-state index in [0.29, 0.717) is 16.4 Å². The second-order valence-corrected chi connectivity index (χ2v) is 11.7. The van der Waals surface area contributed by atoms with Gasteiger partial charge in [0, 0.05) is 17.6 Å². The van der Waals surface area contributed by atoms with Gasteiger partial charge in [-0.3, -0.25) is 14.7 Å². The number of thioether (sulfide) groups is 2. The first-order valence-corrected chi connectivity index (χ1v) is 14.9. The summed E-state index contributed by atoms with van der Waals surface area (Å²) < 4.78 is 6.14. The number of nitrogens with one attached hydrogen (secondary N) is 1. The minimum absolute atomic E-state index is 0.153. The summed E-state index contributed by atoms with van der Waals surface area (Å²) in [5.41, 5.74) is 11.2. The molecule has 0 aliphatic carbocycles. The molecule has 12 nitrogen and oxygen atoms in total. The molecular formula is C28H26N6O6S2. The van der Waals surface area contributed by atoms with Gasteiger partial charge in [0.25, 0.3) is 0 Å². The second-order valence-electron chi connectivity index (χ2n) is 9.60. The molecule has 5 N–H and O–H groups in total. The highest BCUT2D eigenvalue weighted by molar-refractivity contribution is 8.03. The highest BCUT2D eigenvalue weighted by atomic mass is 32.2. The van der Waals surface area contributed by atoms with Gasteiger partial charge in [-0.05, 0) is 16.7 Å². The summed E-state index contributed by atoms with van der Waals surface area (Å²) >= 11 is 2.72. The standard InChI is InChI=1S/C28H26N6O6S2/c29-22-25(36)33-23(28(39)40-24(16-7-3-1-4-8-16)17-9-5-2-6-10-17)18(14-42-26(22)33)13-41-21-11-19(27(37)38)30-20-12-32(15-35)31-34(20)21/h1-12,22,24,26,31,35H,13-15,29H2,(H,37,38)/t22?,26-/m1/s1. The quantitative estimate of drug-likeness (QED) is 0.242.